The molecule has 28 heavy (non-hydrogen) atoms. The fourth-order valence-electron chi connectivity index (χ4n) is 3.08. The molecule has 3 heteroatoms. The van der Waals surface area contributed by atoms with E-state index in [9.17, 15) is 4.79 Å². The highest BCUT2D eigenvalue weighted by molar-refractivity contribution is 5.84. The Kier molecular flexibility index (Phi) is 6.49. The van der Waals surface area contributed by atoms with Gasteiger partial charge in [-0.05, 0) is 67.1 Å². The molecule has 0 saturated heterocycles. The standard InChI is InChI=1S/C25H24NO2/c1-4-17-28-25(27)26-23-15-13-22(14-16-23)24(20-9-5-18(2)6-10-20)21-11-7-19(3)8-12-21/h5-16,24H,1-4,17H2,(H,26,27). The molecule has 141 valence electrons. The summed E-state index contributed by atoms with van der Waals surface area (Å²) in [5, 5.41) is 2.73. The van der Waals surface area contributed by atoms with E-state index >= 15 is 0 Å². The maximum absolute atomic E-state index is 11.7. The van der Waals surface area contributed by atoms with E-state index in [1.807, 2.05) is 48.5 Å². The average molecular weight is 370 g/mol. The second kappa shape index (κ2) is 9.23. The second-order valence-corrected chi connectivity index (χ2v) is 6.65. The highest BCUT2D eigenvalue weighted by atomic mass is 16.5. The number of amides is 1. The normalized spacial score (nSPS) is 10.7. The van der Waals surface area contributed by atoms with Gasteiger partial charge in [0, 0.05) is 11.6 Å². The predicted octanol–water partition coefficient (Wildman–Crippen LogP) is 6.00. The molecule has 0 aliphatic carbocycles. The van der Waals surface area contributed by atoms with Gasteiger partial charge in [-0.3, -0.25) is 5.32 Å². The Morgan fingerprint density at radius 2 is 1.21 bits per heavy atom. The first-order chi connectivity index (χ1) is 13.6. The second-order valence-electron chi connectivity index (χ2n) is 6.65. The molecule has 3 rings (SSSR count). The SMILES string of the molecule is [CH2]CCOC(=O)Nc1ccc(C(c2ccc([CH2])cc2)c2ccc([CH2])cc2)cc1. The zero-order valence-corrected chi connectivity index (χ0v) is 15.9. The number of rotatable bonds is 6. The van der Waals surface area contributed by atoms with E-state index < -0.39 is 6.09 Å². The minimum Gasteiger partial charge on any atom is -0.449 e. The number of carbonyl (C=O) groups is 1. The van der Waals surface area contributed by atoms with Crippen LogP contribution in [0.1, 0.15) is 40.2 Å². The third-order valence-corrected chi connectivity index (χ3v) is 4.49. The van der Waals surface area contributed by atoms with Crippen LogP contribution < -0.4 is 5.32 Å². The van der Waals surface area contributed by atoms with Crippen molar-refractivity contribution < 1.29 is 9.53 Å². The molecular weight excluding hydrogens is 346 g/mol. The van der Waals surface area contributed by atoms with Gasteiger partial charge in [0.2, 0.25) is 0 Å². The van der Waals surface area contributed by atoms with E-state index in [4.69, 9.17) is 4.74 Å². The summed E-state index contributed by atoms with van der Waals surface area (Å²) in [5.41, 5.74) is 6.15. The maximum Gasteiger partial charge on any atom is 0.411 e. The number of benzene rings is 3. The van der Waals surface area contributed by atoms with Crippen LogP contribution in [0.2, 0.25) is 0 Å². The molecular formula is C25H24NO2. The Balaban J connectivity index is 1.89. The molecule has 1 amide bonds. The largest absolute Gasteiger partial charge is 0.449 e. The van der Waals surface area contributed by atoms with Crippen LogP contribution >= 0.6 is 0 Å². The van der Waals surface area contributed by atoms with Gasteiger partial charge < -0.3 is 4.74 Å². The van der Waals surface area contributed by atoms with Crippen LogP contribution in [0.5, 0.6) is 0 Å². The average Bonchev–Trinajstić information content (AvgIpc) is 2.71. The Labute approximate surface area is 167 Å². The summed E-state index contributed by atoms with van der Waals surface area (Å²) in [6, 6.07) is 24.3. The number of hydrogen-bond donors (Lipinski definition) is 1. The molecule has 0 unspecified atom stereocenters. The summed E-state index contributed by atoms with van der Waals surface area (Å²) in [6.07, 6.45) is 0.0802. The smallest absolute Gasteiger partial charge is 0.411 e. The number of hydrogen-bond acceptors (Lipinski definition) is 2. The quantitative estimate of drug-likeness (QED) is 0.540. The lowest BCUT2D eigenvalue weighted by Crippen LogP contribution is -2.14. The number of nitrogens with one attached hydrogen (secondary N) is 1. The van der Waals surface area contributed by atoms with Gasteiger partial charge in [-0.15, -0.1) is 0 Å². The van der Waals surface area contributed by atoms with Crippen molar-refractivity contribution >= 4 is 11.8 Å². The van der Waals surface area contributed by atoms with Crippen LogP contribution in [0.3, 0.4) is 0 Å². The summed E-state index contributed by atoms with van der Waals surface area (Å²) < 4.78 is 5.01. The van der Waals surface area contributed by atoms with Crippen molar-refractivity contribution in [3.63, 3.8) is 0 Å². The van der Waals surface area contributed by atoms with Crippen molar-refractivity contribution in [1.29, 1.82) is 0 Å². The zero-order valence-electron chi connectivity index (χ0n) is 15.9. The first-order valence-electron chi connectivity index (χ1n) is 9.23. The van der Waals surface area contributed by atoms with Crippen LogP contribution in [0, 0.1) is 20.8 Å². The van der Waals surface area contributed by atoms with E-state index in [0.717, 1.165) is 16.7 Å². The lowest BCUT2D eigenvalue weighted by atomic mass is 9.84. The van der Waals surface area contributed by atoms with Crippen LogP contribution in [0.15, 0.2) is 72.8 Å². The number of carbonyl (C=O) groups excluding carboxylic acids is 1. The molecule has 0 atom stereocenters. The number of ether oxygens (including phenoxy) is 1. The van der Waals surface area contributed by atoms with Crippen molar-refractivity contribution in [2.75, 3.05) is 11.9 Å². The first-order valence-corrected chi connectivity index (χ1v) is 9.23. The topological polar surface area (TPSA) is 38.3 Å². The Morgan fingerprint density at radius 1 is 0.786 bits per heavy atom. The Bertz CT molecular complexity index is 851. The minimum atomic E-state index is -0.468. The van der Waals surface area contributed by atoms with Crippen LogP contribution in [0.4, 0.5) is 10.5 Å². The van der Waals surface area contributed by atoms with Gasteiger partial charge in [0.15, 0.2) is 0 Å². The predicted molar refractivity (Wildman–Crippen MR) is 114 cm³/mol. The molecule has 0 fully saturated rings. The van der Waals surface area contributed by atoms with Gasteiger partial charge in [0.05, 0.1) is 6.61 Å². The molecule has 0 saturated carbocycles. The monoisotopic (exact) mass is 370 g/mol. The molecule has 0 heterocycles. The lowest BCUT2D eigenvalue weighted by Gasteiger charge is -2.20. The van der Waals surface area contributed by atoms with Crippen molar-refractivity contribution in [1.82, 2.24) is 0 Å². The van der Waals surface area contributed by atoms with Crippen LogP contribution in [-0.2, 0) is 4.74 Å². The summed E-state index contributed by atoms with van der Waals surface area (Å²) >= 11 is 0. The summed E-state index contributed by atoms with van der Waals surface area (Å²) in [7, 11) is 0. The molecule has 3 nitrogen and oxygen atoms in total. The first kappa shape index (κ1) is 19.7. The van der Waals surface area contributed by atoms with E-state index in [1.165, 1.54) is 11.1 Å². The van der Waals surface area contributed by atoms with Crippen molar-refractivity contribution in [2.24, 2.45) is 0 Å². The van der Waals surface area contributed by atoms with Crippen molar-refractivity contribution in [3.8, 4) is 0 Å². The van der Waals surface area contributed by atoms with Crippen LogP contribution in [-0.4, -0.2) is 12.7 Å². The van der Waals surface area contributed by atoms with Crippen molar-refractivity contribution in [3.05, 3.63) is 121 Å². The van der Waals surface area contributed by atoms with E-state index in [1.54, 1.807) is 0 Å². The van der Waals surface area contributed by atoms with E-state index in [0.29, 0.717) is 18.7 Å². The van der Waals surface area contributed by atoms with Gasteiger partial charge in [-0.25, -0.2) is 4.79 Å². The fraction of sp³-hybridized carbons (Fsp3) is 0.120. The Morgan fingerprint density at radius 3 is 1.64 bits per heavy atom. The Hall–Kier alpha value is -3.07. The summed E-state index contributed by atoms with van der Waals surface area (Å²) in [6.45, 7) is 11.9. The maximum atomic E-state index is 11.7. The molecule has 0 aliphatic rings. The van der Waals surface area contributed by atoms with Crippen LogP contribution in [0.25, 0.3) is 0 Å². The molecule has 1 N–H and O–H groups in total. The molecule has 0 aliphatic heterocycles. The minimum absolute atomic E-state index is 0.0772. The van der Waals surface area contributed by atoms with Gasteiger partial charge in [-0.1, -0.05) is 60.7 Å². The molecule has 3 aromatic carbocycles. The zero-order chi connectivity index (χ0) is 19.9. The van der Waals surface area contributed by atoms with E-state index in [2.05, 4.69) is 50.4 Å². The highest BCUT2D eigenvalue weighted by Gasteiger charge is 2.17. The summed E-state index contributed by atoms with van der Waals surface area (Å²) in [4.78, 5) is 11.7. The molecule has 0 spiro atoms. The van der Waals surface area contributed by atoms with Gasteiger partial charge in [-0.2, -0.15) is 0 Å². The van der Waals surface area contributed by atoms with Crippen molar-refractivity contribution in [2.45, 2.75) is 12.3 Å². The fourth-order valence-corrected chi connectivity index (χ4v) is 3.08. The lowest BCUT2D eigenvalue weighted by molar-refractivity contribution is 0.163. The van der Waals surface area contributed by atoms with E-state index in [-0.39, 0.29) is 5.92 Å². The third kappa shape index (κ3) is 5.01. The molecule has 0 aromatic heterocycles. The van der Waals surface area contributed by atoms with Gasteiger partial charge in [0.25, 0.3) is 0 Å². The molecule has 3 radical (unpaired) electrons. The summed E-state index contributed by atoms with van der Waals surface area (Å²) in [5.74, 6) is 0.0772. The molecule has 3 aromatic rings. The third-order valence-electron chi connectivity index (χ3n) is 4.49. The van der Waals surface area contributed by atoms with Gasteiger partial charge in [0.1, 0.15) is 0 Å². The highest BCUT2D eigenvalue weighted by Crippen LogP contribution is 2.33. The van der Waals surface area contributed by atoms with Gasteiger partial charge >= 0.3 is 6.09 Å². The molecule has 0 bridgehead atoms. The number of anilines is 1.